The van der Waals surface area contributed by atoms with Crippen molar-refractivity contribution in [1.29, 1.82) is 0 Å². The zero-order valence-corrected chi connectivity index (χ0v) is 16.9. The largest absolute Gasteiger partial charge is 0.416 e. The van der Waals surface area contributed by atoms with Gasteiger partial charge in [-0.1, -0.05) is 6.07 Å². The lowest BCUT2D eigenvalue weighted by Gasteiger charge is -2.36. The minimum absolute atomic E-state index is 0.270. The van der Waals surface area contributed by atoms with Crippen LogP contribution in [0.4, 0.5) is 28.8 Å². The van der Waals surface area contributed by atoms with Crippen molar-refractivity contribution in [3.63, 3.8) is 0 Å². The van der Waals surface area contributed by atoms with E-state index in [-0.39, 0.29) is 6.03 Å². The van der Waals surface area contributed by atoms with Crippen LogP contribution in [0.3, 0.4) is 0 Å². The summed E-state index contributed by atoms with van der Waals surface area (Å²) >= 11 is 1.42. The van der Waals surface area contributed by atoms with Crippen LogP contribution in [0.5, 0.6) is 0 Å². The fourth-order valence-electron chi connectivity index (χ4n) is 3.17. The van der Waals surface area contributed by atoms with Gasteiger partial charge in [0.05, 0.1) is 5.56 Å². The Bertz CT molecular complexity index is 818. The maximum absolute atomic E-state index is 12.9. The average Bonchev–Trinajstić information content (AvgIpc) is 3.10. The second-order valence-electron chi connectivity index (χ2n) is 6.89. The number of halogens is 3. The molecule has 1 saturated heterocycles. The number of nitrogens with zero attached hydrogens (tertiary/aromatic N) is 3. The summed E-state index contributed by atoms with van der Waals surface area (Å²) in [6.45, 7) is 6.21. The number of hydrogen-bond donors (Lipinski definition) is 2. The summed E-state index contributed by atoms with van der Waals surface area (Å²) in [5.74, 6) is 0. The number of thiazole rings is 1. The third-order valence-electron chi connectivity index (χ3n) is 4.69. The molecule has 0 aliphatic carbocycles. The van der Waals surface area contributed by atoms with Crippen LogP contribution in [0.2, 0.25) is 0 Å². The van der Waals surface area contributed by atoms with E-state index in [9.17, 15) is 18.0 Å². The molecule has 0 saturated carbocycles. The molecule has 2 N–H and O–H groups in total. The summed E-state index contributed by atoms with van der Waals surface area (Å²) in [6.07, 6.45) is -1.82. The van der Waals surface area contributed by atoms with Gasteiger partial charge in [0.2, 0.25) is 0 Å². The zero-order chi connectivity index (χ0) is 20.9. The van der Waals surface area contributed by atoms with Crippen molar-refractivity contribution in [2.45, 2.75) is 19.5 Å². The van der Waals surface area contributed by atoms with Gasteiger partial charge in [0.1, 0.15) is 0 Å². The number of hydrogen-bond acceptors (Lipinski definition) is 5. The number of nitrogens with one attached hydrogen (secondary N) is 2. The third kappa shape index (κ3) is 6.33. The first kappa shape index (κ1) is 21.4. The number of aromatic nitrogens is 1. The Kier molecular flexibility index (Phi) is 6.96. The van der Waals surface area contributed by atoms with E-state index in [1.54, 1.807) is 12.3 Å². The monoisotopic (exact) mass is 427 g/mol. The van der Waals surface area contributed by atoms with Crippen LogP contribution in [-0.4, -0.2) is 55.2 Å². The summed E-state index contributed by atoms with van der Waals surface area (Å²) in [4.78, 5) is 21.2. The number of alkyl halides is 3. The van der Waals surface area contributed by atoms with Crippen molar-refractivity contribution in [2.24, 2.45) is 0 Å². The highest BCUT2D eigenvalue weighted by Gasteiger charge is 2.31. The number of amides is 2. The van der Waals surface area contributed by atoms with Gasteiger partial charge in [-0.05, 0) is 38.1 Å². The lowest BCUT2D eigenvalue weighted by atomic mass is 10.1. The second-order valence-corrected chi connectivity index (χ2v) is 8.12. The fraction of sp³-hybridized carbons (Fsp3) is 0.474. The highest BCUT2D eigenvalue weighted by Crippen LogP contribution is 2.31. The standard InChI is InChI=1S/C19H24F3N5OS/c1-14-13-24-18(29-14)25-17(28)23-6-3-7-26-8-10-27(11-9-26)16-5-2-4-15(12-16)19(20,21)22/h2,4-5,12-13H,3,6-11H2,1H3,(H2,23,24,25,28). The number of aryl methyl sites for hydroxylation is 1. The molecule has 1 aromatic carbocycles. The molecule has 2 heterocycles. The first-order valence-corrected chi connectivity index (χ1v) is 10.2. The molecular formula is C19H24F3N5OS. The van der Waals surface area contributed by atoms with Crippen molar-refractivity contribution >= 4 is 28.2 Å². The van der Waals surface area contributed by atoms with Gasteiger partial charge in [0, 0.05) is 49.5 Å². The van der Waals surface area contributed by atoms with Crippen molar-refractivity contribution in [2.75, 3.05) is 49.5 Å². The van der Waals surface area contributed by atoms with Crippen LogP contribution in [0.15, 0.2) is 30.5 Å². The normalized spacial score (nSPS) is 15.4. The van der Waals surface area contributed by atoms with E-state index in [1.165, 1.54) is 23.5 Å². The fourth-order valence-corrected chi connectivity index (χ4v) is 3.83. The minimum atomic E-state index is -4.32. The molecule has 3 rings (SSSR count). The predicted octanol–water partition coefficient (Wildman–Crippen LogP) is 3.80. The lowest BCUT2D eigenvalue weighted by Crippen LogP contribution is -2.47. The van der Waals surface area contributed by atoms with E-state index < -0.39 is 11.7 Å². The molecule has 10 heteroatoms. The van der Waals surface area contributed by atoms with E-state index in [4.69, 9.17) is 0 Å². The van der Waals surface area contributed by atoms with E-state index in [0.29, 0.717) is 30.5 Å². The Labute approximate surface area is 171 Å². The zero-order valence-electron chi connectivity index (χ0n) is 16.1. The maximum atomic E-state index is 12.9. The van der Waals surface area contributed by atoms with Gasteiger partial charge >= 0.3 is 12.2 Å². The number of rotatable bonds is 6. The molecule has 0 atom stereocenters. The first-order valence-electron chi connectivity index (χ1n) is 9.43. The van der Waals surface area contributed by atoms with Crippen molar-refractivity contribution in [3.05, 3.63) is 40.9 Å². The second kappa shape index (κ2) is 9.45. The van der Waals surface area contributed by atoms with Crippen molar-refractivity contribution in [3.8, 4) is 0 Å². The Morgan fingerprint density at radius 3 is 2.66 bits per heavy atom. The number of anilines is 2. The van der Waals surface area contributed by atoms with Crippen molar-refractivity contribution in [1.82, 2.24) is 15.2 Å². The molecule has 6 nitrogen and oxygen atoms in total. The van der Waals surface area contributed by atoms with Crippen molar-refractivity contribution < 1.29 is 18.0 Å². The topological polar surface area (TPSA) is 60.5 Å². The van der Waals surface area contributed by atoms with Crippen LogP contribution < -0.4 is 15.5 Å². The molecule has 2 amide bonds. The summed E-state index contributed by atoms with van der Waals surface area (Å²) in [5.41, 5.74) is -0.00933. The van der Waals surface area contributed by atoms with Gasteiger partial charge in [-0.25, -0.2) is 9.78 Å². The van der Waals surface area contributed by atoms with E-state index in [0.717, 1.165) is 37.0 Å². The summed E-state index contributed by atoms with van der Waals surface area (Å²) < 4.78 is 38.7. The summed E-state index contributed by atoms with van der Waals surface area (Å²) in [7, 11) is 0. The molecular weight excluding hydrogens is 403 g/mol. The Hall–Kier alpha value is -2.33. The van der Waals surface area contributed by atoms with E-state index in [2.05, 4.69) is 20.5 Å². The summed E-state index contributed by atoms with van der Waals surface area (Å²) in [5, 5.41) is 6.08. The highest BCUT2D eigenvalue weighted by atomic mass is 32.1. The van der Waals surface area contributed by atoms with Crippen LogP contribution in [0.25, 0.3) is 0 Å². The van der Waals surface area contributed by atoms with E-state index in [1.807, 2.05) is 11.8 Å². The Morgan fingerprint density at radius 1 is 1.24 bits per heavy atom. The molecule has 0 radical (unpaired) electrons. The number of benzene rings is 1. The molecule has 29 heavy (non-hydrogen) atoms. The molecule has 2 aromatic rings. The molecule has 0 unspecified atom stereocenters. The van der Waals surface area contributed by atoms with Gasteiger partial charge in [-0.15, -0.1) is 11.3 Å². The predicted molar refractivity (Wildman–Crippen MR) is 109 cm³/mol. The first-order chi connectivity index (χ1) is 13.8. The number of piperazine rings is 1. The molecule has 158 valence electrons. The Morgan fingerprint density at radius 2 is 2.00 bits per heavy atom. The SMILES string of the molecule is Cc1cnc(NC(=O)NCCCN2CCN(c3cccc(C(F)(F)F)c3)CC2)s1. The molecule has 1 aliphatic heterocycles. The summed E-state index contributed by atoms with van der Waals surface area (Å²) in [6, 6.07) is 5.21. The molecule has 0 bridgehead atoms. The maximum Gasteiger partial charge on any atom is 0.416 e. The highest BCUT2D eigenvalue weighted by molar-refractivity contribution is 7.15. The van der Waals surface area contributed by atoms with Crippen LogP contribution in [0, 0.1) is 6.92 Å². The molecule has 0 spiro atoms. The molecule has 1 aromatic heterocycles. The van der Waals surface area contributed by atoms with Gasteiger partial charge in [-0.2, -0.15) is 13.2 Å². The van der Waals surface area contributed by atoms with Gasteiger partial charge < -0.3 is 10.2 Å². The van der Waals surface area contributed by atoms with Gasteiger partial charge in [0.15, 0.2) is 5.13 Å². The minimum Gasteiger partial charge on any atom is -0.369 e. The van der Waals surface area contributed by atoms with E-state index >= 15 is 0 Å². The number of carbonyl (C=O) groups excluding carboxylic acids is 1. The molecule has 1 aliphatic rings. The average molecular weight is 427 g/mol. The lowest BCUT2D eigenvalue weighted by molar-refractivity contribution is -0.137. The van der Waals surface area contributed by atoms with Gasteiger partial charge in [0.25, 0.3) is 0 Å². The van der Waals surface area contributed by atoms with Crippen LogP contribution in [-0.2, 0) is 6.18 Å². The quantitative estimate of drug-likeness (QED) is 0.689. The van der Waals surface area contributed by atoms with Gasteiger partial charge in [-0.3, -0.25) is 10.2 Å². The third-order valence-corrected chi connectivity index (χ3v) is 5.52. The Balaban J connectivity index is 1.35. The van der Waals surface area contributed by atoms with Crippen LogP contribution >= 0.6 is 11.3 Å². The molecule has 1 fully saturated rings. The number of urea groups is 1. The number of carbonyl (C=O) groups is 1. The smallest absolute Gasteiger partial charge is 0.369 e. The van der Waals surface area contributed by atoms with Crippen LogP contribution in [0.1, 0.15) is 16.9 Å².